The van der Waals surface area contributed by atoms with Crippen molar-refractivity contribution in [1.82, 2.24) is 15.6 Å². The van der Waals surface area contributed by atoms with Gasteiger partial charge >= 0.3 is 6.03 Å². The number of carbonyl (C=O) groups is 1. The maximum Gasteiger partial charge on any atom is 0.315 e. The number of carbonyl (C=O) groups excluding carboxylic acids is 1. The van der Waals surface area contributed by atoms with Crippen LogP contribution < -0.4 is 10.6 Å². The zero-order valence-electron chi connectivity index (χ0n) is 15.7. The number of amides is 2. The average Bonchev–Trinajstić information content (AvgIpc) is 3.17. The van der Waals surface area contributed by atoms with Crippen LogP contribution in [-0.4, -0.2) is 17.6 Å². The first-order valence-electron chi connectivity index (χ1n) is 9.22. The zero-order chi connectivity index (χ0) is 19.1. The number of hydrogen-bond donors (Lipinski definition) is 2. The number of nitrogens with zero attached hydrogens (tertiary/aromatic N) is 1. The fraction of sp³-hybridized carbons (Fsp3) is 0.273. The van der Waals surface area contributed by atoms with Gasteiger partial charge in [-0.25, -0.2) is 9.78 Å². The smallest absolute Gasteiger partial charge is 0.315 e. The van der Waals surface area contributed by atoms with Gasteiger partial charge in [0, 0.05) is 24.3 Å². The molecule has 0 aliphatic carbocycles. The summed E-state index contributed by atoms with van der Waals surface area (Å²) in [6, 6.07) is 19.7. The highest BCUT2D eigenvalue weighted by molar-refractivity contribution is 7.09. The van der Waals surface area contributed by atoms with Crippen LogP contribution in [-0.2, 0) is 6.42 Å². The Kier molecular flexibility index (Phi) is 6.60. The molecule has 3 rings (SSSR count). The van der Waals surface area contributed by atoms with Crippen molar-refractivity contribution in [2.24, 2.45) is 0 Å². The molecule has 0 saturated heterocycles. The van der Waals surface area contributed by atoms with Gasteiger partial charge in [-0.15, -0.1) is 11.3 Å². The lowest BCUT2D eigenvalue weighted by Crippen LogP contribution is -2.39. The lowest BCUT2D eigenvalue weighted by molar-refractivity contribution is 0.239. The average molecular weight is 380 g/mol. The number of urea groups is 1. The van der Waals surface area contributed by atoms with E-state index in [1.165, 1.54) is 0 Å². The molecule has 0 fully saturated rings. The SMILES string of the molecule is CC(C)c1nc(CCNC(=O)NC(c2ccccc2)c2ccccc2)cs1. The Labute approximate surface area is 164 Å². The first-order valence-corrected chi connectivity index (χ1v) is 10.1. The molecule has 2 aromatic carbocycles. The Morgan fingerprint density at radius 1 is 1.00 bits per heavy atom. The molecule has 0 bridgehead atoms. The van der Waals surface area contributed by atoms with Gasteiger partial charge in [0.05, 0.1) is 16.7 Å². The molecule has 0 atom stereocenters. The van der Waals surface area contributed by atoms with Gasteiger partial charge in [0.15, 0.2) is 0 Å². The van der Waals surface area contributed by atoms with Crippen LogP contribution in [0.15, 0.2) is 66.0 Å². The van der Waals surface area contributed by atoms with E-state index < -0.39 is 0 Å². The summed E-state index contributed by atoms with van der Waals surface area (Å²) in [4.78, 5) is 17.1. The normalized spacial score (nSPS) is 11.0. The number of nitrogens with one attached hydrogen (secondary N) is 2. The summed E-state index contributed by atoms with van der Waals surface area (Å²) >= 11 is 1.68. The summed E-state index contributed by atoms with van der Waals surface area (Å²) in [5, 5.41) is 9.26. The van der Waals surface area contributed by atoms with Crippen LogP contribution >= 0.6 is 11.3 Å². The molecule has 1 aromatic heterocycles. The second-order valence-corrected chi connectivity index (χ2v) is 7.63. The molecule has 0 radical (unpaired) electrons. The third-order valence-corrected chi connectivity index (χ3v) is 5.47. The molecule has 0 aliphatic rings. The van der Waals surface area contributed by atoms with E-state index >= 15 is 0 Å². The lowest BCUT2D eigenvalue weighted by Gasteiger charge is -2.20. The van der Waals surface area contributed by atoms with E-state index in [2.05, 4.69) is 34.8 Å². The first kappa shape index (κ1) is 19.1. The molecule has 27 heavy (non-hydrogen) atoms. The summed E-state index contributed by atoms with van der Waals surface area (Å²) < 4.78 is 0. The molecule has 2 amide bonds. The van der Waals surface area contributed by atoms with Gasteiger partial charge < -0.3 is 10.6 Å². The Morgan fingerprint density at radius 2 is 1.59 bits per heavy atom. The Bertz CT molecular complexity index is 807. The zero-order valence-corrected chi connectivity index (χ0v) is 16.5. The van der Waals surface area contributed by atoms with Crippen LogP contribution in [0.25, 0.3) is 0 Å². The number of rotatable bonds is 7. The standard InChI is InChI=1S/C22H25N3OS/c1-16(2)21-24-19(15-27-21)13-14-23-22(26)25-20(17-9-5-3-6-10-17)18-11-7-4-8-12-18/h3-12,15-16,20H,13-14H2,1-2H3,(H2,23,25,26). The fourth-order valence-electron chi connectivity index (χ4n) is 2.84. The molecule has 0 unspecified atom stereocenters. The maximum absolute atomic E-state index is 12.5. The predicted octanol–water partition coefficient (Wildman–Crippen LogP) is 4.90. The van der Waals surface area contributed by atoms with E-state index in [-0.39, 0.29) is 12.1 Å². The highest BCUT2D eigenvalue weighted by Gasteiger charge is 2.16. The third-order valence-electron chi connectivity index (χ3n) is 4.27. The van der Waals surface area contributed by atoms with Crippen LogP contribution in [0.3, 0.4) is 0 Å². The van der Waals surface area contributed by atoms with E-state index in [0.717, 1.165) is 28.2 Å². The van der Waals surface area contributed by atoms with E-state index in [4.69, 9.17) is 0 Å². The van der Waals surface area contributed by atoms with Gasteiger partial charge in [0.25, 0.3) is 0 Å². The van der Waals surface area contributed by atoms with Crippen molar-refractivity contribution in [2.75, 3.05) is 6.54 Å². The largest absolute Gasteiger partial charge is 0.338 e. The molecule has 4 nitrogen and oxygen atoms in total. The summed E-state index contributed by atoms with van der Waals surface area (Å²) in [5.74, 6) is 0.442. The second kappa shape index (κ2) is 9.33. The molecule has 0 saturated carbocycles. The van der Waals surface area contributed by atoms with Gasteiger partial charge in [-0.1, -0.05) is 74.5 Å². The van der Waals surface area contributed by atoms with Crippen LogP contribution in [0.4, 0.5) is 4.79 Å². The topological polar surface area (TPSA) is 54.0 Å². The second-order valence-electron chi connectivity index (χ2n) is 6.74. The van der Waals surface area contributed by atoms with E-state index in [1.54, 1.807) is 11.3 Å². The summed E-state index contributed by atoms with van der Waals surface area (Å²) in [5.41, 5.74) is 3.14. The van der Waals surface area contributed by atoms with Gasteiger partial charge in [-0.3, -0.25) is 0 Å². The van der Waals surface area contributed by atoms with Crippen molar-refractivity contribution in [1.29, 1.82) is 0 Å². The minimum atomic E-state index is -0.181. The molecule has 3 aromatic rings. The van der Waals surface area contributed by atoms with E-state index in [9.17, 15) is 4.79 Å². The lowest BCUT2D eigenvalue weighted by atomic mass is 9.99. The molecule has 0 spiro atoms. The number of aromatic nitrogens is 1. The fourth-order valence-corrected chi connectivity index (χ4v) is 3.71. The Balaban J connectivity index is 1.59. The number of thiazole rings is 1. The molecular weight excluding hydrogens is 354 g/mol. The maximum atomic E-state index is 12.5. The van der Waals surface area contributed by atoms with Crippen molar-refractivity contribution in [3.63, 3.8) is 0 Å². The Morgan fingerprint density at radius 3 is 2.11 bits per heavy atom. The van der Waals surface area contributed by atoms with Gasteiger partial charge in [0.1, 0.15) is 0 Å². The number of hydrogen-bond acceptors (Lipinski definition) is 3. The van der Waals surface area contributed by atoms with Gasteiger partial charge in [0.2, 0.25) is 0 Å². The van der Waals surface area contributed by atoms with Crippen LogP contribution in [0.1, 0.15) is 47.6 Å². The highest BCUT2D eigenvalue weighted by Crippen LogP contribution is 2.22. The molecule has 140 valence electrons. The first-order chi connectivity index (χ1) is 13.1. The minimum Gasteiger partial charge on any atom is -0.338 e. The predicted molar refractivity (Wildman–Crippen MR) is 111 cm³/mol. The molecule has 2 N–H and O–H groups in total. The molecule has 1 heterocycles. The van der Waals surface area contributed by atoms with E-state index in [0.29, 0.717) is 12.5 Å². The molecule has 0 aliphatic heterocycles. The highest BCUT2D eigenvalue weighted by atomic mass is 32.1. The monoisotopic (exact) mass is 379 g/mol. The third kappa shape index (κ3) is 5.41. The summed E-state index contributed by atoms with van der Waals surface area (Å²) in [6.07, 6.45) is 0.734. The summed E-state index contributed by atoms with van der Waals surface area (Å²) in [6.45, 7) is 4.84. The quantitative estimate of drug-likeness (QED) is 0.613. The van der Waals surface area contributed by atoms with Crippen LogP contribution in [0.2, 0.25) is 0 Å². The van der Waals surface area contributed by atoms with Crippen LogP contribution in [0.5, 0.6) is 0 Å². The van der Waals surface area contributed by atoms with Gasteiger partial charge in [-0.2, -0.15) is 0 Å². The number of benzene rings is 2. The Hall–Kier alpha value is -2.66. The summed E-state index contributed by atoms with van der Waals surface area (Å²) in [7, 11) is 0. The van der Waals surface area contributed by atoms with Crippen molar-refractivity contribution in [3.05, 3.63) is 87.9 Å². The van der Waals surface area contributed by atoms with Crippen molar-refractivity contribution in [2.45, 2.75) is 32.2 Å². The molecular formula is C22H25N3OS. The van der Waals surface area contributed by atoms with Crippen molar-refractivity contribution >= 4 is 17.4 Å². The van der Waals surface area contributed by atoms with Crippen LogP contribution in [0, 0.1) is 0 Å². The van der Waals surface area contributed by atoms with E-state index in [1.807, 2.05) is 60.7 Å². The minimum absolute atomic E-state index is 0.174. The van der Waals surface area contributed by atoms with Crippen molar-refractivity contribution in [3.8, 4) is 0 Å². The van der Waals surface area contributed by atoms with Crippen molar-refractivity contribution < 1.29 is 4.79 Å². The molecule has 5 heteroatoms. The van der Waals surface area contributed by atoms with Gasteiger partial charge in [-0.05, 0) is 11.1 Å².